The van der Waals surface area contributed by atoms with Crippen LogP contribution in [0.4, 0.5) is 4.39 Å². The highest BCUT2D eigenvalue weighted by Crippen LogP contribution is 2.44. The molecule has 3 N–H and O–H groups in total. The normalized spacial score (nSPS) is 16.4. The van der Waals surface area contributed by atoms with Crippen LogP contribution < -0.4 is 10.5 Å². The van der Waals surface area contributed by atoms with Crippen LogP contribution in [0, 0.1) is 5.82 Å². The number of hydrogen-bond acceptors (Lipinski definition) is 6. The van der Waals surface area contributed by atoms with E-state index in [-0.39, 0.29) is 36.1 Å². The predicted molar refractivity (Wildman–Crippen MR) is 86.0 cm³/mol. The molecule has 0 fully saturated rings. The van der Waals surface area contributed by atoms with Crippen LogP contribution in [-0.4, -0.2) is 29.9 Å². The van der Waals surface area contributed by atoms with Crippen molar-refractivity contribution in [2.24, 2.45) is 5.73 Å². The Balaban J connectivity index is 2.22. The maximum absolute atomic E-state index is 14.5. The third-order valence-corrected chi connectivity index (χ3v) is 3.90. The summed E-state index contributed by atoms with van der Waals surface area (Å²) in [5.41, 5.74) is 7.32. The number of ether oxygens (including phenoxy) is 3. The lowest BCUT2D eigenvalue weighted by atomic mass is 9.83. The number of carbonyl (C=O) groups is 1. The molecule has 1 atom stereocenters. The van der Waals surface area contributed by atoms with Crippen molar-refractivity contribution in [1.29, 1.82) is 0 Å². The molecule has 7 nitrogen and oxygen atoms in total. The summed E-state index contributed by atoms with van der Waals surface area (Å²) in [5, 5.41) is 6.85. The molecule has 0 bridgehead atoms. The van der Waals surface area contributed by atoms with Crippen molar-refractivity contribution in [3.8, 4) is 5.88 Å². The van der Waals surface area contributed by atoms with E-state index in [1.54, 1.807) is 25.1 Å². The van der Waals surface area contributed by atoms with Crippen LogP contribution in [0.15, 0.2) is 35.7 Å². The number of esters is 1. The van der Waals surface area contributed by atoms with E-state index < -0.39 is 17.7 Å². The molecule has 25 heavy (non-hydrogen) atoms. The maximum Gasteiger partial charge on any atom is 0.340 e. The zero-order chi connectivity index (χ0) is 18.0. The summed E-state index contributed by atoms with van der Waals surface area (Å²) in [6, 6.07) is 6.16. The maximum atomic E-state index is 14.5. The Labute approximate surface area is 143 Å². The number of H-pyrrole nitrogens is 1. The van der Waals surface area contributed by atoms with Gasteiger partial charge in [0, 0.05) is 12.7 Å². The molecule has 0 spiro atoms. The van der Waals surface area contributed by atoms with Crippen LogP contribution in [-0.2, 0) is 20.9 Å². The molecule has 0 aliphatic carbocycles. The van der Waals surface area contributed by atoms with Crippen LogP contribution in [0.1, 0.15) is 29.7 Å². The Morgan fingerprint density at radius 3 is 2.88 bits per heavy atom. The Morgan fingerprint density at radius 1 is 1.44 bits per heavy atom. The van der Waals surface area contributed by atoms with E-state index in [9.17, 15) is 9.18 Å². The van der Waals surface area contributed by atoms with Crippen molar-refractivity contribution in [2.45, 2.75) is 19.4 Å². The number of nitrogens with one attached hydrogen (secondary N) is 1. The zero-order valence-electron chi connectivity index (χ0n) is 13.8. The fourth-order valence-electron chi connectivity index (χ4n) is 2.89. The summed E-state index contributed by atoms with van der Waals surface area (Å²) in [5.74, 6) is -1.92. The molecule has 3 rings (SSSR count). The number of nitrogens with two attached hydrogens (primary N) is 1. The van der Waals surface area contributed by atoms with Crippen molar-refractivity contribution in [3.05, 3.63) is 58.4 Å². The summed E-state index contributed by atoms with van der Waals surface area (Å²) in [4.78, 5) is 12.5. The molecule has 0 radical (unpaired) electrons. The average molecular weight is 347 g/mol. The first-order valence-electron chi connectivity index (χ1n) is 7.73. The van der Waals surface area contributed by atoms with Gasteiger partial charge in [-0.3, -0.25) is 5.10 Å². The topological polar surface area (TPSA) is 99.5 Å². The van der Waals surface area contributed by atoms with Gasteiger partial charge in [0.05, 0.1) is 30.4 Å². The summed E-state index contributed by atoms with van der Waals surface area (Å²) in [7, 11) is 1.52. The second-order valence-electron chi connectivity index (χ2n) is 5.41. The minimum Gasteiger partial charge on any atom is -0.462 e. The van der Waals surface area contributed by atoms with Crippen LogP contribution in [0.3, 0.4) is 0 Å². The molecular formula is C17H18FN3O4. The monoisotopic (exact) mass is 347 g/mol. The zero-order valence-corrected chi connectivity index (χ0v) is 13.8. The van der Waals surface area contributed by atoms with E-state index in [0.29, 0.717) is 11.3 Å². The van der Waals surface area contributed by atoms with Gasteiger partial charge in [-0.05, 0) is 13.0 Å². The first-order valence-corrected chi connectivity index (χ1v) is 7.73. The number of aromatic nitrogens is 2. The van der Waals surface area contributed by atoms with Gasteiger partial charge in [-0.25, -0.2) is 9.18 Å². The summed E-state index contributed by atoms with van der Waals surface area (Å²) in [6.45, 7) is 2.02. The molecular weight excluding hydrogens is 329 g/mol. The minimum absolute atomic E-state index is 0.0400. The van der Waals surface area contributed by atoms with Gasteiger partial charge in [0.25, 0.3) is 0 Å². The smallest absolute Gasteiger partial charge is 0.340 e. The molecule has 132 valence electrons. The van der Waals surface area contributed by atoms with Crippen molar-refractivity contribution >= 4 is 5.97 Å². The van der Waals surface area contributed by atoms with Gasteiger partial charge in [0.1, 0.15) is 11.4 Å². The standard InChI is InChI=1S/C17H18FN3O4/c1-3-24-17(22)14-12(9-6-4-5-7-10(9)18)13-11(8-23-2)20-21-16(13)25-15(14)19/h4-7,12H,3,8,19H2,1-2H3,(H,20,21). The lowest BCUT2D eigenvalue weighted by Crippen LogP contribution is -2.28. The quantitative estimate of drug-likeness (QED) is 0.802. The number of fused-ring (bicyclic) bond motifs is 1. The van der Waals surface area contributed by atoms with Gasteiger partial charge in [-0.1, -0.05) is 18.2 Å². The molecule has 0 amide bonds. The highest BCUT2D eigenvalue weighted by atomic mass is 19.1. The van der Waals surface area contributed by atoms with E-state index in [2.05, 4.69) is 10.2 Å². The largest absolute Gasteiger partial charge is 0.462 e. The van der Waals surface area contributed by atoms with Gasteiger partial charge in [-0.15, -0.1) is 5.10 Å². The lowest BCUT2D eigenvalue weighted by molar-refractivity contribution is -0.139. The fraction of sp³-hybridized carbons (Fsp3) is 0.294. The van der Waals surface area contributed by atoms with Crippen LogP contribution >= 0.6 is 0 Å². The number of rotatable bonds is 5. The summed E-state index contributed by atoms with van der Waals surface area (Å²) >= 11 is 0. The third kappa shape index (κ3) is 2.96. The first kappa shape index (κ1) is 17.0. The van der Waals surface area contributed by atoms with Gasteiger partial charge in [0.15, 0.2) is 0 Å². The average Bonchev–Trinajstić information content (AvgIpc) is 2.97. The van der Waals surface area contributed by atoms with Crippen molar-refractivity contribution in [3.63, 3.8) is 0 Å². The molecule has 0 saturated carbocycles. The van der Waals surface area contributed by atoms with Crippen molar-refractivity contribution in [1.82, 2.24) is 10.2 Å². The summed E-state index contributed by atoms with van der Waals surface area (Å²) in [6.07, 6.45) is 0. The van der Waals surface area contributed by atoms with Crippen LogP contribution in [0.2, 0.25) is 0 Å². The second kappa shape index (κ2) is 6.94. The van der Waals surface area contributed by atoms with E-state index in [1.165, 1.54) is 13.2 Å². The molecule has 1 aromatic heterocycles. The molecule has 1 aliphatic rings. The molecule has 0 saturated heterocycles. The SMILES string of the molecule is CCOC(=O)C1=C(N)Oc2n[nH]c(COC)c2C1c1ccccc1F. The Bertz CT molecular complexity index is 831. The van der Waals surface area contributed by atoms with Crippen LogP contribution in [0.25, 0.3) is 0 Å². The minimum atomic E-state index is -0.812. The van der Waals surface area contributed by atoms with Gasteiger partial charge in [0.2, 0.25) is 11.8 Å². The van der Waals surface area contributed by atoms with E-state index >= 15 is 0 Å². The number of nitrogens with zero attached hydrogens (tertiary/aromatic N) is 1. The fourth-order valence-corrected chi connectivity index (χ4v) is 2.89. The lowest BCUT2D eigenvalue weighted by Gasteiger charge is -2.26. The molecule has 2 heterocycles. The highest BCUT2D eigenvalue weighted by molar-refractivity contribution is 5.92. The van der Waals surface area contributed by atoms with Crippen molar-refractivity contribution in [2.75, 3.05) is 13.7 Å². The third-order valence-electron chi connectivity index (χ3n) is 3.90. The number of hydrogen-bond donors (Lipinski definition) is 2. The predicted octanol–water partition coefficient (Wildman–Crippen LogP) is 1.95. The van der Waals surface area contributed by atoms with E-state index in [4.69, 9.17) is 19.9 Å². The van der Waals surface area contributed by atoms with E-state index in [1.807, 2.05) is 0 Å². The number of methoxy groups -OCH3 is 1. The molecule has 1 aromatic carbocycles. The number of carbonyl (C=O) groups excluding carboxylic acids is 1. The summed E-state index contributed by atoms with van der Waals surface area (Å²) < 4.78 is 30.2. The van der Waals surface area contributed by atoms with E-state index in [0.717, 1.165) is 0 Å². The highest BCUT2D eigenvalue weighted by Gasteiger charge is 2.40. The number of halogens is 1. The first-order chi connectivity index (χ1) is 12.1. The molecule has 2 aromatic rings. The molecule has 8 heteroatoms. The van der Waals surface area contributed by atoms with Crippen molar-refractivity contribution < 1.29 is 23.4 Å². The van der Waals surface area contributed by atoms with Gasteiger partial charge in [-0.2, -0.15) is 0 Å². The Kier molecular flexibility index (Phi) is 4.71. The Hall–Kier alpha value is -2.87. The second-order valence-corrected chi connectivity index (χ2v) is 5.41. The Morgan fingerprint density at radius 2 is 2.20 bits per heavy atom. The number of benzene rings is 1. The van der Waals surface area contributed by atoms with Gasteiger partial charge < -0.3 is 19.9 Å². The van der Waals surface area contributed by atoms with Gasteiger partial charge >= 0.3 is 5.97 Å². The molecule has 1 unspecified atom stereocenters. The molecule has 1 aliphatic heterocycles. The van der Waals surface area contributed by atoms with Crippen LogP contribution in [0.5, 0.6) is 5.88 Å². The number of aromatic amines is 1.